The van der Waals surface area contributed by atoms with Crippen molar-refractivity contribution in [1.82, 2.24) is 10.1 Å². The normalized spacial score (nSPS) is 10.5. The molecule has 0 fully saturated rings. The van der Waals surface area contributed by atoms with Gasteiger partial charge in [0.25, 0.3) is 5.91 Å². The molecule has 1 amide bonds. The summed E-state index contributed by atoms with van der Waals surface area (Å²) in [7, 11) is 0. The van der Waals surface area contributed by atoms with Crippen LogP contribution in [0.5, 0.6) is 5.75 Å². The fraction of sp³-hybridized carbons (Fsp3) is 0.188. The smallest absolute Gasteiger partial charge is 0.263 e. The van der Waals surface area contributed by atoms with E-state index in [0.717, 1.165) is 16.3 Å². The lowest BCUT2D eigenvalue weighted by Gasteiger charge is -2.06. The van der Waals surface area contributed by atoms with Crippen molar-refractivity contribution < 1.29 is 14.1 Å². The SMILES string of the molecule is Cc1cc(NC(=O)COc2ccc(-c3csc(C)n3)cc2)no1. The molecule has 118 valence electrons. The second kappa shape index (κ2) is 6.62. The molecule has 0 saturated carbocycles. The third-order valence-corrected chi connectivity index (χ3v) is 3.81. The number of anilines is 1. The summed E-state index contributed by atoms with van der Waals surface area (Å²) < 4.78 is 10.3. The number of rotatable bonds is 5. The highest BCUT2D eigenvalue weighted by molar-refractivity contribution is 7.09. The molecular formula is C16H15N3O3S. The fourth-order valence-electron chi connectivity index (χ4n) is 1.97. The molecule has 0 aliphatic heterocycles. The van der Waals surface area contributed by atoms with Gasteiger partial charge in [-0.05, 0) is 38.1 Å². The molecule has 3 rings (SSSR count). The summed E-state index contributed by atoms with van der Waals surface area (Å²) in [5, 5.41) is 9.33. The highest BCUT2D eigenvalue weighted by atomic mass is 32.1. The number of ether oxygens (including phenoxy) is 1. The number of carbonyl (C=O) groups excluding carboxylic acids is 1. The first kappa shape index (κ1) is 15.2. The van der Waals surface area contributed by atoms with Crippen molar-refractivity contribution in [2.75, 3.05) is 11.9 Å². The van der Waals surface area contributed by atoms with E-state index in [1.165, 1.54) is 0 Å². The van der Waals surface area contributed by atoms with Gasteiger partial charge in [-0.3, -0.25) is 4.79 Å². The van der Waals surface area contributed by atoms with Crippen LogP contribution in [0.15, 0.2) is 40.2 Å². The van der Waals surface area contributed by atoms with Crippen LogP contribution < -0.4 is 10.1 Å². The van der Waals surface area contributed by atoms with Gasteiger partial charge in [-0.2, -0.15) is 0 Å². The van der Waals surface area contributed by atoms with E-state index >= 15 is 0 Å². The summed E-state index contributed by atoms with van der Waals surface area (Å²) in [4.78, 5) is 16.2. The zero-order valence-corrected chi connectivity index (χ0v) is 13.5. The number of aromatic nitrogens is 2. The van der Waals surface area contributed by atoms with Crippen molar-refractivity contribution in [2.45, 2.75) is 13.8 Å². The van der Waals surface area contributed by atoms with E-state index in [9.17, 15) is 4.79 Å². The van der Waals surface area contributed by atoms with Crippen molar-refractivity contribution in [2.24, 2.45) is 0 Å². The molecule has 0 bridgehead atoms. The Morgan fingerprint density at radius 2 is 2.09 bits per heavy atom. The molecule has 0 aliphatic carbocycles. The molecule has 3 aromatic rings. The van der Waals surface area contributed by atoms with Gasteiger partial charge >= 0.3 is 0 Å². The highest BCUT2D eigenvalue weighted by Crippen LogP contribution is 2.23. The number of aryl methyl sites for hydroxylation is 2. The van der Waals surface area contributed by atoms with Gasteiger partial charge in [0, 0.05) is 17.0 Å². The van der Waals surface area contributed by atoms with Crippen molar-refractivity contribution in [1.29, 1.82) is 0 Å². The van der Waals surface area contributed by atoms with E-state index in [-0.39, 0.29) is 12.5 Å². The van der Waals surface area contributed by atoms with Gasteiger partial charge in [-0.15, -0.1) is 11.3 Å². The molecule has 0 spiro atoms. The molecular weight excluding hydrogens is 314 g/mol. The number of hydrogen-bond acceptors (Lipinski definition) is 6. The van der Waals surface area contributed by atoms with Gasteiger partial charge in [-0.25, -0.2) is 4.98 Å². The largest absolute Gasteiger partial charge is 0.484 e. The van der Waals surface area contributed by atoms with Crippen molar-refractivity contribution in [3.63, 3.8) is 0 Å². The summed E-state index contributed by atoms with van der Waals surface area (Å²) in [5.41, 5.74) is 1.96. The molecule has 0 aliphatic rings. The maximum Gasteiger partial charge on any atom is 0.263 e. The van der Waals surface area contributed by atoms with Crippen LogP contribution in [0.2, 0.25) is 0 Å². The molecule has 0 atom stereocenters. The Balaban J connectivity index is 1.55. The number of nitrogens with zero attached hydrogens (tertiary/aromatic N) is 2. The van der Waals surface area contributed by atoms with Crippen molar-refractivity contribution in [3.05, 3.63) is 46.5 Å². The Labute approximate surface area is 137 Å². The van der Waals surface area contributed by atoms with Crippen LogP contribution in [0.4, 0.5) is 5.82 Å². The van der Waals surface area contributed by atoms with E-state index in [2.05, 4.69) is 15.5 Å². The topological polar surface area (TPSA) is 77.2 Å². The Morgan fingerprint density at radius 3 is 2.70 bits per heavy atom. The number of amides is 1. The van der Waals surface area contributed by atoms with Gasteiger partial charge in [0.1, 0.15) is 11.5 Å². The Bertz CT molecular complexity index is 808. The summed E-state index contributed by atoms with van der Waals surface area (Å²) in [6.07, 6.45) is 0. The van der Waals surface area contributed by atoms with Gasteiger partial charge in [0.05, 0.1) is 10.7 Å². The number of carbonyl (C=O) groups is 1. The predicted octanol–water partition coefficient (Wildman–Crippen LogP) is 3.43. The molecule has 7 heteroatoms. The minimum absolute atomic E-state index is 0.0962. The number of hydrogen-bond donors (Lipinski definition) is 1. The van der Waals surface area contributed by atoms with Gasteiger partial charge in [0.2, 0.25) is 0 Å². The van der Waals surface area contributed by atoms with Crippen molar-refractivity contribution in [3.8, 4) is 17.0 Å². The molecule has 1 N–H and O–H groups in total. The van der Waals surface area contributed by atoms with E-state index in [0.29, 0.717) is 17.3 Å². The summed E-state index contributed by atoms with van der Waals surface area (Å²) in [6.45, 7) is 3.63. The Morgan fingerprint density at radius 1 is 1.30 bits per heavy atom. The maximum atomic E-state index is 11.8. The zero-order valence-electron chi connectivity index (χ0n) is 12.7. The number of thiazole rings is 1. The molecule has 2 heterocycles. The van der Waals surface area contributed by atoms with Crippen LogP contribution in [-0.2, 0) is 4.79 Å². The molecule has 0 saturated heterocycles. The lowest BCUT2D eigenvalue weighted by atomic mass is 10.2. The lowest BCUT2D eigenvalue weighted by Crippen LogP contribution is -2.20. The molecule has 0 radical (unpaired) electrons. The van der Waals surface area contributed by atoms with Crippen LogP contribution in [-0.4, -0.2) is 22.7 Å². The first-order chi connectivity index (χ1) is 11.1. The monoisotopic (exact) mass is 329 g/mol. The number of benzene rings is 1. The molecule has 0 unspecified atom stereocenters. The van der Waals surface area contributed by atoms with Gasteiger partial charge in [0.15, 0.2) is 12.4 Å². The third-order valence-electron chi connectivity index (χ3n) is 3.03. The molecule has 6 nitrogen and oxygen atoms in total. The summed E-state index contributed by atoms with van der Waals surface area (Å²) in [6, 6.07) is 9.11. The van der Waals surface area contributed by atoms with Crippen molar-refractivity contribution >= 4 is 23.1 Å². The highest BCUT2D eigenvalue weighted by Gasteiger charge is 2.07. The predicted molar refractivity (Wildman–Crippen MR) is 87.7 cm³/mol. The maximum absolute atomic E-state index is 11.8. The standard InChI is InChI=1S/C16H15N3O3S/c1-10-7-15(19-22-10)18-16(20)8-21-13-5-3-12(4-6-13)14-9-23-11(2)17-14/h3-7,9H,8H2,1-2H3,(H,18,19,20). The third kappa shape index (κ3) is 3.95. The van der Waals surface area contributed by atoms with Gasteiger partial charge in [-0.1, -0.05) is 5.16 Å². The van der Waals surface area contributed by atoms with Gasteiger partial charge < -0.3 is 14.6 Å². The van der Waals surface area contributed by atoms with Crippen LogP contribution in [0.25, 0.3) is 11.3 Å². The first-order valence-corrected chi connectivity index (χ1v) is 7.86. The molecule has 2 aromatic heterocycles. The van der Waals surface area contributed by atoms with Crippen LogP contribution in [0.1, 0.15) is 10.8 Å². The van der Waals surface area contributed by atoms with E-state index in [1.807, 2.05) is 36.6 Å². The second-order valence-corrected chi connectivity index (χ2v) is 6.00. The second-order valence-electron chi connectivity index (χ2n) is 4.94. The lowest BCUT2D eigenvalue weighted by molar-refractivity contribution is -0.118. The quantitative estimate of drug-likeness (QED) is 0.776. The minimum atomic E-state index is -0.294. The molecule has 23 heavy (non-hydrogen) atoms. The first-order valence-electron chi connectivity index (χ1n) is 6.99. The Hall–Kier alpha value is -2.67. The Kier molecular flexibility index (Phi) is 4.38. The molecule has 1 aromatic carbocycles. The van der Waals surface area contributed by atoms with Crippen LogP contribution in [0, 0.1) is 13.8 Å². The summed E-state index contributed by atoms with van der Waals surface area (Å²) >= 11 is 1.61. The van der Waals surface area contributed by atoms with E-state index < -0.39 is 0 Å². The fourth-order valence-corrected chi connectivity index (χ4v) is 2.59. The average molecular weight is 329 g/mol. The van der Waals surface area contributed by atoms with Crippen LogP contribution >= 0.6 is 11.3 Å². The summed E-state index contributed by atoms with van der Waals surface area (Å²) in [5.74, 6) is 1.34. The number of nitrogens with one attached hydrogen (secondary N) is 1. The minimum Gasteiger partial charge on any atom is -0.484 e. The van der Waals surface area contributed by atoms with E-state index in [4.69, 9.17) is 9.26 Å². The average Bonchev–Trinajstić information content (AvgIpc) is 3.14. The zero-order chi connectivity index (χ0) is 16.2. The van der Waals surface area contributed by atoms with Crippen LogP contribution in [0.3, 0.4) is 0 Å². The van der Waals surface area contributed by atoms with E-state index in [1.54, 1.807) is 24.3 Å².